The summed E-state index contributed by atoms with van der Waals surface area (Å²) < 4.78 is 13.4. The zero-order chi connectivity index (χ0) is 25.9. The van der Waals surface area contributed by atoms with E-state index in [4.69, 9.17) is 14.5 Å². The summed E-state index contributed by atoms with van der Waals surface area (Å²) in [6, 6.07) is 11.7. The molecule has 0 unspecified atom stereocenters. The molecule has 4 aromatic rings. The predicted octanol–water partition coefficient (Wildman–Crippen LogP) is 5.01. The molecule has 1 saturated heterocycles. The zero-order valence-electron chi connectivity index (χ0n) is 21.5. The molecule has 38 heavy (non-hydrogen) atoms. The molecule has 1 aliphatic carbocycles. The Morgan fingerprint density at radius 3 is 2.76 bits per heavy atom. The number of hydrogen-bond acceptors (Lipinski definition) is 7. The summed E-state index contributed by atoms with van der Waals surface area (Å²) in [7, 11) is 0. The van der Waals surface area contributed by atoms with Crippen LogP contribution in [0.5, 0.6) is 11.6 Å². The van der Waals surface area contributed by atoms with Gasteiger partial charge in [-0.2, -0.15) is 14.6 Å². The van der Waals surface area contributed by atoms with Gasteiger partial charge in [0.2, 0.25) is 5.88 Å². The Kier molecular flexibility index (Phi) is 6.92. The highest BCUT2D eigenvalue weighted by atomic mass is 16.5. The van der Waals surface area contributed by atoms with Crippen molar-refractivity contribution in [3.05, 3.63) is 66.1 Å². The van der Waals surface area contributed by atoms with E-state index in [0.29, 0.717) is 34.8 Å². The first-order valence-corrected chi connectivity index (χ1v) is 13.3. The van der Waals surface area contributed by atoms with Crippen LogP contribution in [-0.2, 0) is 4.74 Å². The number of nitrogens with one attached hydrogen (secondary N) is 2. The van der Waals surface area contributed by atoms with Crippen LogP contribution in [0.2, 0.25) is 0 Å². The summed E-state index contributed by atoms with van der Waals surface area (Å²) in [4.78, 5) is 21.6. The molecule has 2 aliphatic rings. The van der Waals surface area contributed by atoms with Crippen LogP contribution < -0.4 is 15.4 Å². The number of amides is 1. The van der Waals surface area contributed by atoms with Gasteiger partial charge in [-0.1, -0.05) is 12.1 Å². The summed E-state index contributed by atoms with van der Waals surface area (Å²) >= 11 is 0. The Morgan fingerprint density at radius 2 is 2.00 bits per heavy atom. The van der Waals surface area contributed by atoms with Crippen LogP contribution in [0.1, 0.15) is 48.0 Å². The number of anilines is 1. The van der Waals surface area contributed by atoms with E-state index in [1.807, 2.05) is 54.0 Å². The Balaban J connectivity index is 1.30. The van der Waals surface area contributed by atoms with Gasteiger partial charge in [0, 0.05) is 49.2 Å². The molecule has 9 heteroatoms. The van der Waals surface area contributed by atoms with E-state index in [0.717, 1.165) is 74.4 Å². The molecular formula is C29H32N6O3. The molecule has 6 rings (SSSR count). The van der Waals surface area contributed by atoms with Crippen LogP contribution in [0.3, 0.4) is 0 Å². The summed E-state index contributed by atoms with van der Waals surface area (Å²) in [5.41, 5.74) is 4.10. The van der Waals surface area contributed by atoms with Gasteiger partial charge in [0.1, 0.15) is 11.6 Å². The topological polar surface area (TPSA) is 103 Å². The van der Waals surface area contributed by atoms with Crippen molar-refractivity contribution in [1.82, 2.24) is 24.9 Å². The van der Waals surface area contributed by atoms with Crippen molar-refractivity contribution in [2.24, 2.45) is 5.92 Å². The molecule has 4 heterocycles. The van der Waals surface area contributed by atoms with Crippen LogP contribution in [0.25, 0.3) is 16.8 Å². The van der Waals surface area contributed by atoms with E-state index in [1.165, 1.54) is 0 Å². The number of nitrogens with zero attached hydrogens (tertiary/aromatic N) is 4. The largest absolute Gasteiger partial charge is 0.437 e. The first-order chi connectivity index (χ1) is 18.6. The number of carbonyl (C=O) groups is 1. The molecule has 0 spiro atoms. The molecule has 1 aromatic carbocycles. The van der Waals surface area contributed by atoms with Gasteiger partial charge in [-0.15, -0.1) is 0 Å². The number of carbonyl (C=O) groups excluding carboxylic acids is 1. The molecule has 1 saturated carbocycles. The van der Waals surface area contributed by atoms with E-state index in [-0.39, 0.29) is 5.91 Å². The lowest BCUT2D eigenvalue weighted by atomic mass is 9.97. The average molecular weight is 513 g/mol. The third kappa shape index (κ3) is 5.47. The maximum atomic E-state index is 12.6. The molecule has 2 N–H and O–H groups in total. The van der Waals surface area contributed by atoms with Crippen molar-refractivity contribution in [2.45, 2.75) is 45.1 Å². The van der Waals surface area contributed by atoms with Crippen molar-refractivity contribution >= 4 is 17.4 Å². The first-order valence-electron chi connectivity index (χ1n) is 13.3. The minimum absolute atomic E-state index is 0.0160. The predicted molar refractivity (Wildman–Crippen MR) is 145 cm³/mol. The van der Waals surface area contributed by atoms with Gasteiger partial charge in [0.05, 0.1) is 12.4 Å². The van der Waals surface area contributed by atoms with Gasteiger partial charge in [-0.25, -0.2) is 0 Å². The van der Waals surface area contributed by atoms with E-state index in [2.05, 4.69) is 20.7 Å². The normalized spacial score (nSPS) is 15.9. The van der Waals surface area contributed by atoms with Gasteiger partial charge in [-0.3, -0.25) is 9.78 Å². The van der Waals surface area contributed by atoms with Gasteiger partial charge in [0.15, 0.2) is 5.65 Å². The maximum absolute atomic E-state index is 12.6. The summed E-state index contributed by atoms with van der Waals surface area (Å²) in [5.74, 6) is 2.52. The fraction of sp³-hybridized carbons (Fsp3) is 0.379. The second-order valence-electron chi connectivity index (χ2n) is 10.1. The van der Waals surface area contributed by atoms with Crippen molar-refractivity contribution in [3.63, 3.8) is 0 Å². The number of fused-ring (bicyclic) bond motifs is 1. The minimum Gasteiger partial charge on any atom is -0.437 e. The number of aromatic nitrogens is 4. The van der Waals surface area contributed by atoms with Crippen molar-refractivity contribution in [1.29, 1.82) is 0 Å². The molecule has 3 aromatic heterocycles. The molecule has 0 atom stereocenters. The smallest absolute Gasteiger partial charge is 0.251 e. The molecule has 196 valence electrons. The Morgan fingerprint density at radius 1 is 1.13 bits per heavy atom. The standard InChI is InChI=1S/C29H32N6O3/c1-19-15-21(4-7-24(19)29(36)33-22-5-6-22)25-18-32-35-26(31-12-8-20-9-13-37-14-10-20)16-27(34-28(25)35)38-23-3-2-11-30-17-23/h2-4,7,11,15-18,20,22,31H,5-6,8-10,12-14H2,1H3,(H,33,36). The van der Waals surface area contributed by atoms with E-state index in [9.17, 15) is 4.79 Å². The number of benzene rings is 1. The maximum Gasteiger partial charge on any atom is 0.251 e. The summed E-state index contributed by atoms with van der Waals surface area (Å²) in [6.45, 7) is 4.46. The van der Waals surface area contributed by atoms with Gasteiger partial charge in [0.25, 0.3) is 5.91 Å². The second-order valence-corrected chi connectivity index (χ2v) is 10.1. The van der Waals surface area contributed by atoms with E-state index in [1.54, 1.807) is 12.4 Å². The number of hydrogen-bond donors (Lipinski definition) is 2. The Labute approximate surface area is 221 Å². The molecule has 0 radical (unpaired) electrons. The Bertz CT molecular complexity index is 1430. The van der Waals surface area contributed by atoms with Crippen LogP contribution in [-0.4, -0.2) is 51.3 Å². The number of aryl methyl sites for hydroxylation is 1. The van der Waals surface area contributed by atoms with Crippen LogP contribution in [0, 0.1) is 12.8 Å². The van der Waals surface area contributed by atoms with Crippen LogP contribution in [0.4, 0.5) is 5.82 Å². The van der Waals surface area contributed by atoms with Crippen molar-refractivity contribution in [2.75, 3.05) is 25.1 Å². The third-order valence-corrected chi connectivity index (χ3v) is 7.20. The summed E-state index contributed by atoms with van der Waals surface area (Å²) in [5, 5.41) is 11.3. The number of ether oxygens (including phenoxy) is 2. The lowest BCUT2D eigenvalue weighted by Crippen LogP contribution is -2.26. The van der Waals surface area contributed by atoms with Crippen LogP contribution in [0.15, 0.2) is 55.0 Å². The van der Waals surface area contributed by atoms with E-state index >= 15 is 0 Å². The lowest BCUT2D eigenvalue weighted by molar-refractivity contribution is 0.0649. The monoisotopic (exact) mass is 512 g/mol. The third-order valence-electron chi connectivity index (χ3n) is 7.20. The highest BCUT2D eigenvalue weighted by molar-refractivity contribution is 5.97. The fourth-order valence-corrected chi connectivity index (χ4v) is 4.87. The number of pyridine rings is 1. The van der Waals surface area contributed by atoms with Crippen molar-refractivity contribution in [3.8, 4) is 22.8 Å². The minimum atomic E-state index is -0.0160. The highest BCUT2D eigenvalue weighted by Gasteiger charge is 2.24. The molecule has 1 aliphatic heterocycles. The molecule has 1 amide bonds. The van der Waals surface area contributed by atoms with Gasteiger partial charge in [-0.05, 0) is 74.3 Å². The van der Waals surface area contributed by atoms with Gasteiger partial charge >= 0.3 is 0 Å². The average Bonchev–Trinajstić information content (AvgIpc) is 3.64. The van der Waals surface area contributed by atoms with Gasteiger partial charge < -0.3 is 20.1 Å². The lowest BCUT2D eigenvalue weighted by Gasteiger charge is -2.22. The van der Waals surface area contributed by atoms with Crippen molar-refractivity contribution < 1.29 is 14.3 Å². The molecule has 9 nitrogen and oxygen atoms in total. The molecule has 2 fully saturated rings. The van der Waals surface area contributed by atoms with E-state index < -0.39 is 0 Å². The Hall–Kier alpha value is -3.98. The molecule has 0 bridgehead atoms. The number of rotatable bonds is 9. The summed E-state index contributed by atoms with van der Waals surface area (Å²) in [6.07, 6.45) is 10.6. The van der Waals surface area contributed by atoms with Crippen LogP contribution >= 0.6 is 0 Å². The molecular weight excluding hydrogens is 480 g/mol. The fourth-order valence-electron chi connectivity index (χ4n) is 4.87. The highest BCUT2D eigenvalue weighted by Crippen LogP contribution is 2.31. The zero-order valence-corrected chi connectivity index (χ0v) is 21.5. The quantitative estimate of drug-likeness (QED) is 0.325. The SMILES string of the molecule is Cc1cc(-c2cnn3c(NCCC4CCOCC4)cc(Oc4cccnc4)nc23)ccc1C(=O)NC1CC1. The first kappa shape index (κ1) is 24.4. The second kappa shape index (κ2) is 10.8.